The second-order valence-electron chi connectivity index (χ2n) is 9.02. The molecule has 1 aromatic rings. The number of benzene rings is 1. The molecule has 3 rings (SSSR count). The van der Waals surface area contributed by atoms with E-state index in [2.05, 4.69) is 0 Å². The first-order valence-corrected chi connectivity index (χ1v) is 10.6. The minimum atomic E-state index is -0.575. The smallest absolute Gasteiger partial charge is 0.233 e. The van der Waals surface area contributed by atoms with Gasteiger partial charge in [-0.3, -0.25) is 9.59 Å². The van der Waals surface area contributed by atoms with Crippen LogP contribution in [0.15, 0.2) is 36.0 Å². The van der Waals surface area contributed by atoms with E-state index in [9.17, 15) is 9.59 Å². The number of allylic oxidation sites excluding steroid dienone is 2. The predicted molar refractivity (Wildman–Crippen MR) is 115 cm³/mol. The minimum Gasteiger partial charge on any atom is -0.396 e. The molecule has 2 aliphatic rings. The monoisotopic (exact) mass is 418 g/mol. The highest BCUT2D eigenvalue weighted by atomic mass is 35.5. The number of likely N-dealkylation sites (N-methyl/N-ethyl adjacent to an activating group) is 1. The summed E-state index contributed by atoms with van der Waals surface area (Å²) in [4.78, 5) is 27.6. The van der Waals surface area contributed by atoms with Crippen molar-refractivity contribution < 1.29 is 14.3 Å². The number of hydrogen-bond acceptors (Lipinski definition) is 4. The van der Waals surface area contributed by atoms with Crippen LogP contribution in [0.5, 0.6) is 0 Å². The molecule has 158 valence electrons. The number of hydrogen-bond donors (Lipinski definition) is 1. The Morgan fingerprint density at radius 3 is 2.45 bits per heavy atom. The Hall–Kier alpha value is -1.85. The van der Waals surface area contributed by atoms with Gasteiger partial charge in [-0.2, -0.15) is 0 Å². The lowest BCUT2D eigenvalue weighted by Crippen LogP contribution is -2.49. The van der Waals surface area contributed by atoms with Gasteiger partial charge < -0.3 is 15.4 Å². The van der Waals surface area contributed by atoms with Crippen molar-refractivity contribution in [3.8, 4) is 0 Å². The molecule has 0 spiro atoms. The summed E-state index contributed by atoms with van der Waals surface area (Å²) in [6.07, 6.45) is 4.73. The highest BCUT2D eigenvalue weighted by Gasteiger charge is 2.43. The summed E-state index contributed by atoms with van der Waals surface area (Å²) in [6.45, 7) is 5.64. The lowest BCUT2D eigenvalue weighted by atomic mass is 9.72. The third-order valence-corrected chi connectivity index (χ3v) is 6.65. The van der Waals surface area contributed by atoms with Crippen molar-refractivity contribution in [2.75, 3.05) is 26.8 Å². The molecule has 1 atom stereocenters. The molecule has 0 bridgehead atoms. The van der Waals surface area contributed by atoms with Crippen LogP contribution in [0.1, 0.15) is 45.1 Å². The van der Waals surface area contributed by atoms with Gasteiger partial charge in [0.1, 0.15) is 0 Å². The molecule has 1 heterocycles. The predicted octanol–water partition coefficient (Wildman–Crippen LogP) is 3.69. The van der Waals surface area contributed by atoms with Gasteiger partial charge in [-0.25, -0.2) is 0 Å². The minimum absolute atomic E-state index is 0.0158. The van der Waals surface area contributed by atoms with Gasteiger partial charge in [-0.1, -0.05) is 43.7 Å². The molecule has 0 radical (unpaired) electrons. The van der Waals surface area contributed by atoms with Gasteiger partial charge in [0.05, 0.1) is 11.1 Å². The zero-order chi connectivity index (χ0) is 21.2. The standard InChI is InChI=1S/C23H31ClN2O3/c1-22(2)15-16(14-19(25)20(22)27)8-11-26(3)21(28)23(9-12-29-13-10-23)17-4-6-18(24)7-5-17/h4-7,14,16H,8-13,15,25H2,1-3H3/t16-/m0/s1. The first-order valence-electron chi connectivity index (χ1n) is 10.3. The fourth-order valence-electron chi connectivity index (χ4n) is 4.65. The van der Waals surface area contributed by atoms with Gasteiger partial charge in [0.2, 0.25) is 5.91 Å². The molecule has 0 aromatic heterocycles. The van der Waals surface area contributed by atoms with Crippen molar-refractivity contribution in [2.45, 2.75) is 44.9 Å². The molecule has 1 aliphatic carbocycles. The Kier molecular flexibility index (Phi) is 6.39. The molecular formula is C23H31ClN2O3. The van der Waals surface area contributed by atoms with E-state index in [4.69, 9.17) is 22.1 Å². The van der Waals surface area contributed by atoms with Gasteiger partial charge in [0.15, 0.2) is 5.78 Å². The van der Waals surface area contributed by atoms with Crippen molar-refractivity contribution in [1.29, 1.82) is 0 Å². The molecule has 1 saturated heterocycles. The van der Waals surface area contributed by atoms with Gasteiger partial charge in [-0.15, -0.1) is 0 Å². The van der Waals surface area contributed by atoms with Crippen LogP contribution in [0.2, 0.25) is 5.02 Å². The van der Waals surface area contributed by atoms with E-state index >= 15 is 0 Å². The average molecular weight is 419 g/mol. The van der Waals surface area contributed by atoms with Crippen molar-refractivity contribution in [3.05, 3.63) is 46.6 Å². The lowest BCUT2D eigenvalue weighted by molar-refractivity contribution is -0.140. The Morgan fingerprint density at radius 1 is 1.24 bits per heavy atom. The van der Waals surface area contributed by atoms with Gasteiger partial charge in [-0.05, 0) is 49.3 Å². The molecule has 6 heteroatoms. The van der Waals surface area contributed by atoms with Crippen LogP contribution in [-0.2, 0) is 19.7 Å². The zero-order valence-corrected chi connectivity index (χ0v) is 18.3. The molecule has 1 aromatic carbocycles. The van der Waals surface area contributed by atoms with E-state index in [0.717, 1.165) is 18.4 Å². The van der Waals surface area contributed by atoms with Crippen molar-refractivity contribution >= 4 is 23.3 Å². The maximum absolute atomic E-state index is 13.6. The summed E-state index contributed by atoms with van der Waals surface area (Å²) in [5.41, 5.74) is 6.27. The summed E-state index contributed by atoms with van der Waals surface area (Å²) < 4.78 is 5.55. The lowest BCUT2D eigenvalue weighted by Gasteiger charge is -2.39. The number of halogens is 1. The topological polar surface area (TPSA) is 72.6 Å². The zero-order valence-electron chi connectivity index (χ0n) is 17.5. The summed E-state index contributed by atoms with van der Waals surface area (Å²) >= 11 is 6.06. The van der Waals surface area contributed by atoms with Crippen LogP contribution in [0.4, 0.5) is 0 Å². The molecule has 29 heavy (non-hydrogen) atoms. The molecule has 1 fully saturated rings. The number of nitrogens with zero attached hydrogens (tertiary/aromatic N) is 1. The number of amides is 1. The Bertz CT molecular complexity index is 795. The summed E-state index contributed by atoms with van der Waals surface area (Å²) in [6, 6.07) is 7.60. The van der Waals surface area contributed by atoms with Crippen LogP contribution in [0, 0.1) is 11.3 Å². The van der Waals surface area contributed by atoms with Gasteiger partial charge >= 0.3 is 0 Å². The van der Waals surface area contributed by atoms with Crippen molar-refractivity contribution in [3.63, 3.8) is 0 Å². The maximum atomic E-state index is 13.6. The Morgan fingerprint density at radius 2 is 1.86 bits per heavy atom. The molecule has 2 N–H and O–H groups in total. The molecule has 0 saturated carbocycles. The summed E-state index contributed by atoms with van der Waals surface area (Å²) in [7, 11) is 1.86. The molecule has 1 amide bonds. The summed E-state index contributed by atoms with van der Waals surface area (Å²) in [5.74, 6) is 0.326. The Balaban J connectivity index is 1.73. The SMILES string of the molecule is CN(CC[C@H]1C=C(N)C(=O)C(C)(C)C1)C(=O)C1(c2ccc(Cl)cc2)CCOCC1. The number of ketones is 1. The van der Waals surface area contributed by atoms with Crippen molar-refractivity contribution in [2.24, 2.45) is 17.1 Å². The van der Waals surface area contributed by atoms with Crippen LogP contribution < -0.4 is 5.73 Å². The van der Waals surface area contributed by atoms with E-state index in [1.807, 2.05) is 56.1 Å². The highest BCUT2D eigenvalue weighted by molar-refractivity contribution is 6.30. The largest absolute Gasteiger partial charge is 0.396 e. The Labute approximate surface area is 178 Å². The average Bonchev–Trinajstić information content (AvgIpc) is 2.70. The first kappa shape index (κ1) is 21.8. The first-order chi connectivity index (χ1) is 13.7. The number of rotatable bonds is 5. The van der Waals surface area contributed by atoms with E-state index in [-0.39, 0.29) is 17.6 Å². The van der Waals surface area contributed by atoms with Crippen LogP contribution >= 0.6 is 11.6 Å². The fraction of sp³-hybridized carbons (Fsp3) is 0.565. The number of nitrogens with two attached hydrogens (primary N) is 1. The van der Waals surface area contributed by atoms with Gasteiger partial charge in [0, 0.05) is 37.2 Å². The highest BCUT2D eigenvalue weighted by Crippen LogP contribution is 2.38. The normalized spacial score (nSPS) is 23.4. The van der Waals surface area contributed by atoms with E-state index in [1.54, 1.807) is 0 Å². The fourth-order valence-corrected chi connectivity index (χ4v) is 4.78. The molecule has 1 aliphatic heterocycles. The molecular weight excluding hydrogens is 388 g/mol. The third kappa shape index (κ3) is 4.51. The van der Waals surface area contributed by atoms with Crippen LogP contribution in [-0.4, -0.2) is 43.4 Å². The van der Waals surface area contributed by atoms with Crippen LogP contribution in [0.3, 0.4) is 0 Å². The van der Waals surface area contributed by atoms with Crippen LogP contribution in [0.25, 0.3) is 0 Å². The third-order valence-electron chi connectivity index (χ3n) is 6.40. The summed E-state index contributed by atoms with van der Waals surface area (Å²) in [5, 5.41) is 0.663. The number of carbonyl (C=O) groups excluding carboxylic acids is 2. The van der Waals surface area contributed by atoms with Gasteiger partial charge in [0.25, 0.3) is 0 Å². The quantitative estimate of drug-likeness (QED) is 0.791. The van der Waals surface area contributed by atoms with E-state index < -0.39 is 10.8 Å². The van der Waals surface area contributed by atoms with E-state index in [0.29, 0.717) is 43.3 Å². The second-order valence-corrected chi connectivity index (χ2v) is 9.45. The van der Waals surface area contributed by atoms with Crippen molar-refractivity contribution in [1.82, 2.24) is 4.90 Å². The van der Waals surface area contributed by atoms with E-state index in [1.165, 1.54) is 0 Å². The molecule has 5 nitrogen and oxygen atoms in total. The maximum Gasteiger partial charge on any atom is 0.233 e. The number of Topliss-reactive ketones (excluding diaryl/α,β-unsaturated/α-hetero) is 1. The number of carbonyl (C=O) groups is 2. The second kappa shape index (κ2) is 8.49. The molecule has 0 unspecified atom stereocenters. The number of ether oxygens (including phenoxy) is 1.